The van der Waals surface area contributed by atoms with Crippen molar-refractivity contribution in [2.24, 2.45) is 0 Å². The minimum absolute atomic E-state index is 0.0231. The van der Waals surface area contributed by atoms with Gasteiger partial charge in [-0.15, -0.1) is 0 Å². The van der Waals surface area contributed by atoms with E-state index in [1.165, 1.54) is 0 Å². The average Bonchev–Trinajstić information content (AvgIpc) is 3.39. The Morgan fingerprint density at radius 2 is 1.20 bits per heavy atom. The highest BCUT2D eigenvalue weighted by molar-refractivity contribution is 7.25. The van der Waals surface area contributed by atoms with Gasteiger partial charge in [0.15, 0.2) is 10.3 Å². The summed E-state index contributed by atoms with van der Waals surface area (Å²) >= 11 is 7.85. The summed E-state index contributed by atoms with van der Waals surface area (Å²) in [5, 5.41) is 5.12. The fourth-order valence-electron chi connectivity index (χ4n) is 3.47. The van der Waals surface area contributed by atoms with Crippen LogP contribution in [0.1, 0.15) is 33.3 Å². The number of nitrogens with zero attached hydrogens (tertiary/aromatic N) is 4. The van der Waals surface area contributed by atoms with E-state index in [1.807, 2.05) is 37.5 Å². The number of benzene rings is 1. The number of aromatic nitrogens is 2. The zero-order valence-electron chi connectivity index (χ0n) is 19.7. The first kappa shape index (κ1) is 27.5. The van der Waals surface area contributed by atoms with Crippen LogP contribution >= 0.6 is 34.3 Å². The molecule has 0 spiro atoms. The fourth-order valence-corrected chi connectivity index (χ4v) is 6.04. The maximum absolute atomic E-state index is 14.2. The lowest BCUT2D eigenvalue weighted by Crippen LogP contribution is -2.32. The monoisotopic (exact) mass is 550 g/mol. The van der Waals surface area contributed by atoms with Crippen LogP contribution in [0.3, 0.4) is 0 Å². The van der Waals surface area contributed by atoms with Crippen molar-refractivity contribution < 1.29 is 22.8 Å². The van der Waals surface area contributed by atoms with Gasteiger partial charge in [-0.1, -0.05) is 62.0 Å². The van der Waals surface area contributed by atoms with Crippen molar-refractivity contribution in [1.82, 2.24) is 19.8 Å². The Morgan fingerprint density at radius 1 is 0.829 bits per heavy atom. The lowest BCUT2D eigenvalue weighted by molar-refractivity contribution is -0.134. The number of anilines is 2. The van der Waals surface area contributed by atoms with Crippen molar-refractivity contribution in [3.63, 3.8) is 0 Å². The van der Waals surface area contributed by atoms with E-state index in [1.54, 1.807) is 0 Å². The number of carbonyl (C=O) groups excluding carboxylic acids is 2. The smallest absolute Gasteiger partial charge is 0.301 e. The van der Waals surface area contributed by atoms with Crippen LogP contribution in [-0.2, 0) is 15.8 Å². The summed E-state index contributed by atoms with van der Waals surface area (Å²) in [6, 6.07) is 0. The van der Waals surface area contributed by atoms with Crippen LogP contribution in [0, 0.1) is 0 Å². The Kier molecular flexibility index (Phi) is 8.91. The highest BCUT2D eigenvalue weighted by atomic mass is 35.5. The van der Waals surface area contributed by atoms with Crippen molar-refractivity contribution in [1.29, 1.82) is 0 Å². The molecular weight excluding hydrogens is 525 g/mol. The molecule has 0 saturated heterocycles. The van der Waals surface area contributed by atoms with Crippen LogP contribution in [0.25, 0.3) is 20.4 Å². The Bertz CT molecular complexity index is 1140. The highest BCUT2D eigenvalue weighted by Gasteiger charge is 2.39. The van der Waals surface area contributed by atoms with Gasteiger partial charge in [0.1, 0.15) is 11.0 Å². The van der Waals surface area contributed by atoms with Crippen LogP contribution < -0.4 is 10.6 Å². The summed E-state index contributed by atoms with van der Waals surface area (Å²) in [4.78, 5) is 36.8. The summed E-state index contributed by atoms with van der Waals surface area (Å²) in [5.41, 5.74) is -1.13. The summed E-state index contributed by atoms with van der Waals surface area (Å²) < 4.78 is 42.1. The number of thiazole rings is 2. The van der Waals surface area contributed by atoms with Gasteiger partial charge in [0, 0.05) is 0 Å². The third-order valence-electron chi connectivity index (χ3n) is 5.42. The molecule has 1 aromatic carbocycles. The number of nitrogens with one attached hydrogen (secondary N) is 2. The van der Waals surface area contributed by atoms with Crippen molar-refractivity contribution >= 4 is 76.8 Å². The Balaban J connectivity index is 2.00. The lowest BCUT2D eigenvalue weighted by atomic mass is 10.2. The first-order valence-electron chi connectivity index (χ1n) is 11.1. The van der Waals surface area contributed by atoms with Gasteiger partial charge >= 0.3 is 6.18 Å². The Hall–Kier alpha value is -2.06. The maximum Gasteiger partial charge on any atom is 0.419 e. The van der Waals surface area contributed by atoms with E-state index in [0.29, 0.717) is 48.9 Å². The predicted octanol–water partition coefficient (Wildman–Crippen LogP) is 5.14. The minimum Gasteiger partial charge on any atom is -0.301 e. The van der Waals surface area contributed by atoms with Crippen LogP contribution in [-0.4, -0.2) is 70.9 Å². The van der Waals surface area contributed by atoms with E-state index in [4.69, 9.17) is 11.6 Å². The van der Waals surface area contributed by atoms with Crippen LogP contribution in [0.5, 0.6) is 0 Å². The van der Waals surface area contributed by atoms with Crippen LogP contribution in [0.4, 0.5) is 23.4 Å². The van der Waals surface area contributed by atoms with Gasteiger partial charge < -0.3 is 10.6 Å². The van der Waals surface area contributed by atoms with E-state index < -0.39 is 11.7 Å². The number of amides is 2. The summed E-state index contributed by atoms with van der Waals surface area (Å²) in [6.45, 7) is 10.4. The number of hydrogen-bond donors (Lipinski definition) is 2. The summed E-state index contributed by atoms with van der Waals surface area (Å²) in [5.74, 6) is -0.758. The Morgan fingerprint density at radius 3 is 1.51 bits per heavy atom. The molecule has 2 heterocycles. The quantitative estimate of drug-likeness (QED) is 0.363. The standard InChI is InChI=1S/C21H26ClF3N6O2S2/c1-5-30(6-2)9-11(32)26-19-28-15-14(22)16-18(13(17(15)34-19)21(23,24)25)35-20(29-16)27-12(33)10-31(7-3)8-4/h5-10H2,1-4H3,(H,26,28,32)(H,27,29,33). The number of rotatable bonds is 10. The van der Waals surface area contributed by atoms with Crippen molar-refractivity contribution in [3.05, 3.63) is 10.6 Å². The van der Waals surface area contributed by atoms with Crippen molar-refractivity contribution in [2.75, 3.05) is 49.9 Å². The third-order valence-corrected chi connectivity index (χ3v) is 7.76. The van der Waals surface area contributed by atoms with Gasteiger partial charge in [-0.25, -0.2) is 9.97 Å². The van der Waals surface area contributed by atoms with Gasteiger partial charge in [-0.2, -0.15) is 13.2 Å². The molecule has 14 heteroatoms. The van der Waals surface area contributed by atoms with E-state index >= 15 is 0 Å². The SMILES string of the molecule is CCN(CC)CC(=O)Nc1nc2c(Cl)c3nc(NC(=O)CN(CC)CC)sc3c(C(F)(F)F)c2s1. The van der Waals surface area contributed by atoms with Crippen LogP contribution in [0.2, 0.25) is 5.02 Å². The number of halogens is 4. The Labute approximate surface area is 213 Å². The molecule has 0 fully saturated rings. The molecule has 3 aromatic rings. The molecule has 0 unspecified atom stereocenters. The summed E-state index contributed by atoms with van der Waals surface area (Å²) in [7, 11) is 0. The number of likely N-dealkylation sites (N-methyl/N-ethyl adjacent to an activating group) is 2. The normalized spacial score (nSPS) is 12.3. The number of fused-ring (bicyclic) bond motifs is 2. The van der Waals surface area contributed by atoms with Crippen molar-refractivity contribution in [3.8, 4) is 0 Å². The fraction of sp³-hybridized carbons (Fsp3) is 0.524. The van der Waals surface area contributed by atoms with Crippen LogP contribution in [0.15, 0.2) is 0 Å². The largest absolute Gasteiger partial charge is 0.419 e. The molecule has 0 aliphatic carbocycles. The molecule has 0 aliphatic heterocycles. The topological polar surface area (TPSA) is 90.5 Å². The molecule has 3 rings (SSSR count). The van der Waals surface area contributed by atoms with Gasteiger partial charge in [-0.3, -0.25) is 19.4 Å². The second-order valence-electron chi connectivity index (χ2n) is 7.60. The average molecular weight is 551 g/mol. The number of hydrogen-bond acceptors (Lipinski definition) is 8. The van der Waals surface area contributed by atoms with E-state index in [-0.39, 0.29) is 60.6 Å². The zero-order chi connectivity index (χ0) is 25.9. The molecule has 0 saturated carbocycles. The lowest BCUT2D eigenvalue weighted by Gasteiger charge is -2.16. The first-order chi connectivity index (χ1) is 16.5. The first-order valence-corrected chi connectivity index (χ1v) is 13.1. The zero-order valence-corrected chi connectivity index (χ0v) is 22.1. The maximum atomic E-state index is 14.2. The van der Waals surface area contributed by atoms with Gasteiger partial charge in [0.2, 0.25) is 11.8 Å². The third kappa shape index (κ3) is 6.20. The van der Waals surface area contributed by atoms with E-state index in [2.05, 4.69) is 20.6 Å². The number of alkyl halides is 3. The summed E-state index contributed by atoms with van der Waals surface area (Å²) in [6.07, 6.45) is -4.73. The molecule has 0 bridgehead atoms. The van der Waals surface area contributed by atoms with Crippen molar-refractivity contribution in [2.45, 2.75) is 33.9 Å². The second-order valence-corrected chi connectivity index (χ2v) is 9.98. The molecule has 0 atom stereocenters. The predicted molar refractivity (Wildman–Crippen MR) is 136 cm³/mol. The molecule has 0 radical (unpaired) electrons. The molecular formula is C21H26ClF3N6O2S2. The molecule has 0 aliphatic rings. The van der Waals surface area contributed by atoms with Gasteiger partial charge in [0.05, 0.1) is 33.1 Å². The number of carbonyl (C=O) groups is 2. The molecule has 8 nitrogen and oxygen atoms in total. The van der Waals surface area contributed by atoms with Gasteiger partial charge in [-0.05, 0) is 26.2 Å². The molecule has 2 N–H and O–H groups in total. The molecule has 35 heavy (non-hydrogen) atoms. The molecule has 2 aromatic heterocycles. The van der Waals surface area contributed by atoms with E-state index in [0.717, 1.165) is 0 Å². The highest BCUT2D eigenvalue weighted by Crippen LogP contribution is 2.49. The van der Waals surface area contributed by atoms with E-state index in [9.17, 15) is 22.8 Å². The molecule has 192 valence electrons. The van der Waals surface area contributed by atoms with Gasteiger partial charge in [0.25, 0.3) is 0 Å². The second kappa shape index (κ2) is 11.3. The molecule has 2 amide bonds. The minimum atomic E-state index is -4.73.